The van der Waals surface area contributed by atoms with Crippen LogP contribution in [0, 0.1) is 6.92 Å². The van der Waals surface area contributed by atoms with E-state index in [1.807, 2.05) is 11.3 Å². The lowest BCUT2D eigenvalue weighted by Crippen LogP contribution is -2.02. The SMILES string of the molecule is Cc1ccc2sc3ccc(C4CCc5ccccc5-c5ccccc54)cc3c2c1. The van der Waals surface area contributed by atoms with Gasteiger partial charge >= 0.3 is 0 Å². The molecule has 0 saturated heterocycles. The van der Waals surface area contributed by atoms with Crippen molar-refractivity contribution in [1.29, 1.82) is 0 Å². The van der Waals surface area contributed by atoms with Crippen molar-refractivity contribution in [2.45, 2.75) is 25.7 Å². The first kappa shape index (κ1) is 17.0. The molecule has 0 aliphatic heterocycles. The lowest BCUT2D eigenvalue weighted by molar-refractivity contribution is 0.727. The number of rotatable bonds is 1. The second-order valence-electron chi connectivity index (χ2n) is 8.19. The Labute approximate surface area is 175 Å². The molecule has 1 unspecified atom stereocenters. The summed E-state index contributed by atoms with van der Waals surface area (Å²) >= 11 is 1.91. The molecule has 0 N–H and O–H groups in total. The quantitative estimate of drug-likeness (QED) is 0.271. The van der Waals surface area contributed by atoms with E-state index >= 15 is 0 Å². The van der Waals surface area contributed by atoms with Gasteiger partial charge in [-0.3, -0.25) is 0 Å². The number of aryl methyl sites for hydroxylation is 2. The molecule has 0 bridgehead atoms. The fraction of sp³-hybridized carbons (Fsp3) is 0.143. The van der Waals surface area contributed by atoms with E-state index in [1.165, 1.54) is 53.6 Å². The van der Waals surface area contributed by atoms with Crippen molar-refractivity contribution in [3.05, 3.63) is 107 Å². The number of hydrogen-bond acceptors (Lipinski definition) is 1. The largest absolute Gasteiger partial charge is 0.135 e. The number of fused-ring (bicyclic) bond motifs is 6. The number of benzene rings is 4. The van der Waals surface area contributed by atoms with Gasteiger partial charge in [-0.1, -0.05) is 66.2 Å². The molecule has 140 valence electrons. The molecule has 1 aliphatic rings. The van der Waals surface area contributed by atoms with Crippen molar-refractivity contribution >= 4 is 31.5 Å². The highest BCUT2D eigenvalue weighted by atomic mass is 32.1. The Hall–Kier alpha value is -2.90. The smallest absolute Gasteiger partial charge is 0.0355 e. The molecular weight excluding hydrogens is 368 g/mol. The van der Waals surface area contributed by atoms with E-state index < -0.39 is 0 Å². The lowest BCUT2D eigenvalue weighted by atomic mass is 9.85. The first-order valence-electron chi connectivity index (χ1n) is 10.4. The number of thiophene rings is 1. The Bertz CT molecular complexity index is 1370. The fourth-order valence-corrected chi connectivity index (χ4v) is 6.04. The van der Waals surface area contributed by atoms with Crippen molar-refractivity contribution in [1.82, 2.24) is 0 Å². The minimum Gasteiger partial charge on any atom is -0.135 e. The first-order chi connectivity index (χ1) is 14.3. The maximum absolute atomic E-state index is 2.46. The van der Waals surface area contributed by atoms with Crippen LogP contribution < -0.4 is 0 Å². The van der Waals surface area contributed by atoms with Crippen molar-refractivity contribution < 1.29 is 0 Å². The molecule has 1 heteroatoms. The zero-order valence-electron chi connectivity index (χ0n) is 16.5. The van der Waals surface area contributed by atoms with Crippen LogP contribution in [0.3, 0.4) is 0 Å². The molecule has 4 aromatic carbocycles. The topological polar surface area (TPSA) is 0 Å². The van der Waals surface area contributed by atoms with E-state index in [2.05, 4.69) is 91.9 Å². The molecule has 6 rings (SSSR count). The van der Waals surface area contributed by atoms with Gasteiger partial charge in [-0.2, -0.15) is 0 Å². The summed E-state index contributed by atoms with van der Waals surface area (Å²) in [5.41, 5.74) is 8.52. The van der Waals surface area contributed by atoms with Gasteiger partial charge in [-0.25, -0.2) is 0 Å². The predicted molar refractivity (Wildman–Crippen MR) is 126 cm³/mol. The van der Waals surface area contributed by atoms with Gasteiger partial charge in [0.1, 0.15) is 0 Å². The van der Waals surface area contributed by atoms with E-state index in [0.717, 1.165) is 12.8 Å². The highest BCUT2D eigenvalue weighted by Crippen LogP contribution is 2.43. The molecule has 1 aromatic heterocycles. The third kappa shape index (κ3) is 2.73. The highest BCUT2D eigenvalue weighted by molar-refractivity contribution is 7.25. The Balaban J connectivity index is 1.56. The summed E-state index contributed by atoms with van der Waals surface area (Å²) < 4.78 is 2.77. The molecule has 1 atom stereocenters. The summed E-state index contributed by atoms with van der Waals surface area (Å²) in [6.07, 6.45) is 2.28. The van der Waals surface area contributed by atoms with E-state index in [1.54, 1.807) is 0 Å². The molecule has 0 fully saturated rings. The average molecular weight is 391 g/mol. The fourth-order valence-electron chi connectivity index (χ4n) is 4.97. The monoisotopic (exact) mass is 390 g/mol. The van der Waals surface area contributed by atoms with Crippen LogP contribution in [0.2, 0.25) is 0 Å². The molecule has 0 nitrogen and oxygen atoms in total. The summed E-state index contributed by atoms with van der Waals surface area (Å²) in [7, 11) is 0. The Kier molecular flexibility index (Phi) is 3.85. The zero-order chi connectivity index (χ0) is 19.4. The van der Waals surface area contributed by atoms with E-state index in [9.17, 15) is 0 Å². The molecule has 1 aliphatic carbocycles. The van der Waals surface area contributed by atoms with Gasteiger partial charge < -0.3 is 0 Å². The van der Waals surface area contributed by atoms with Crippen LogP contribution in [0.1, 0.15) is 34.6 Å². The maximum Gasteiger partial charge on any atom is 0.0355 e. The van der Waals surface area contributed by atoms with Crippen molar-refractivity contribution in [3.8, 4) is 11.1 Å². The highest BCUT2D eigenvalue weighted by Gasteiger charge is 2.23. The van der Waals surface area contributed by atoms with E-state index in [4.69, 9.17) is 0 Å². The summed E-state index contributed by atoms with van der Waals surface area (Å²) in [5, 5.41) is 2.81. The summed E-state index contributed by atoms with van der Waals surface area (Å²) in [4.78, 5) is 0. The predicted octanol–water partition coefficient (Wildman–Crippen LogP) is 8.11. The van der Waals surface area contributed by atoms with Crippen LogP contribution in [0.5, 0.6) is 0 Å². The molecule has 0 radical (unpaired) electrons. The van der Waals surface area contributed by atoms with Crippen LogP contribution in [-0.4, -0.2) is 0 Å². The van der Waals surface area contributed by atoms with Crippen molar-refractivity contribution in [2.75, 3.05) is 0 Å². The van der Waals surface area contributed by atoms with E-state index in [-0.39, 0.29) is 0 Å². The second kappa shape index (κ2) is 6.57. The van der Waals surface area contributed by atoms with E-state index in [0.29, 0.717) is 5.92 Å². The van der Waals surface area contributed by atoms with Gasteiger partial charge in [-0.05, 0) is 71.8 Å². The Morgan fingerprint density at radius 2 is 1.45 bits per heavy atom. The minimum atomic E-state index is 0.433. The van der Waals surface area contributed by atoms with Gasteiger partial charge in [0.25, 0.3) is 0 Å². The van der Waals surface area contributed by atoms with Crippen LogP contribution in [-0.2, 0) is 6.42 Å². The Morgan fingerprint density at radius 3 is 2.34 bits per heavy atom. The van der Waals surface area contributed by atoms with Crippen LogP contribution in [0.15, 0.2) is 84.9 Å². The lowest BCUT2D eigenvalue weighted by Gasteiger charge is -2.18. The molecular formula is C28H22S. The van der Waals surface area contributed by atoms with Gasteiger partial charge in [0.15, 0.2) is 0 Å². The van der Waals surface area contributed by atoms with Crippen molar-refractivity contribution in [3.63, 3.8) is 0 Å². The van der Waals surface area contributed by atoms with Gasteiger partial charge in [0, 0.05) is 26.1 Å². The Morgan fingerprint density at radius 1 is 0.724 bits per heavy atom. The maximum atomic E-state index is 2.46. The molecule has 29 heavy (non-hydrogen) atoms. The third-order valence-electron chi connectivity index (χ3n) is 6.40. The molecule has 0 saturated carbocycles. The third-order valence-corrected chi connectivity index (χ3v) is 7.55. The average Bonchev–Trinajstić information content (AvgIpc) is 3.02. The van der Waals surface area contributed by atoms with Gasteiger partial charge in [0.2, 0.25) is 0 Å². The molecule has 0 amide bonds. The second-order valence-corrected chi connectivity index (χ2v) is 9.28. The summed E-state index contributed by atoms with van der Waals surface area (Å²) in [5.74, 6) is 0.433. The van der Waals surface area contributed by atoms with Crippen LogP contribution in [0.25, 0.3) is 31.3 Å². The number of hydrogen-bond donors (Lipinski definition) is 0. The normalized spacial score (nSPS) is 15.8. The molecule has 1 heterocycles. The minimum absolute atomic E-state index is 0.433. The van der Waals surface area contributed by atoms with Crippen molar-refractivity contribution in [2.24, 2.45) is 0 Å². The van der Waals surface area contributed by atoms with Gasteiger partial charge in [0.05, 0.1) is 0 Å². The summed E-state index contributed by atoms with van der Waals surface area (Å²) in [6.45, 7) is 2.19. The van der Waals surface area contributed by atoms with Crippen LogP contribution >= 0.6 is 11.3 Å². The first-order valence-corrected chi connectivity index (χ1v) is 11.2. The standard InChI is InChI=1S/C28H22S/c1-18-10-14-27-25(16-18)26-17-20(12-15-28(26)29-27)22-13-11-19-6-2-3-7-21(19)23-8-4-5-9-24(22)23/h2-10,12,14-17,22H,11,13H2,1H3. The zero-order valence-corrected chi connectivity index (χ0v) is 17.3. The molecule has 5 aromatic rings. The van der Waals surface area contributed by atoms with Gasteiger partial charge in [-0.15, -0.1) is 11.3 Å². The molecule has 0 spiro atoms. The summed E-state index contributed by atoms with van der Waals surface area (Å²) in [6, 6.07) is 31.9. The van der Waals surface area contributed by atoms with Crippen LogP contribution in [0.4, 0.5) is 0 Å².